The van der Waals surface area contributed by atoms with Crippen molar-refractivity contribution in [2.75, 3.05) is 19.6 Å². The van der Waals surface area contributed by atoms with Crippen LogP contribution in [0.4, 0.5) is 0 Å². The van der Waals surface area contributed by atoms with E-state index in [1.807, 2.05) is 0 Å². The molecule has 14 heavy (non-hydrogen) atoms. The third kappa shape index (κ3) is 2.50. The molecule has 78 valence electrons. The minimum absolute atomic E-state index is 0.0890. The molecule has 2 aliphatic carbocycles. The van der Waals surface area contributed by atoms with Gasteiger partial charge >= 0.3 is 0 Å². The van der Waals surface area contributed by atoms with Crippen LogP contribution >= 0.6 is 0 Å². The van der Waals surface area contributed by atoms with Gasteiger partial charge in [0, 0.05) is 18.6 Å². The topological polar surface area (TPSA) is 29.3 Å². The summed E-state index contributed by atoms with van der Waals surface area (Å²) in [5.74, 6) is 3.65. The van der Waals surface area contributed by atoms with Gasteiger partial charge in [0.1, 0.15) is 0 Å². The van der Waals surface area contributed by atoms with E-state index in [9.17, 15) is 0 Å². The molecule has 2 nitrogen and oxygen atoms in total. The molecule has 0 heterocycles. The van der Waals surface area contributed by atoms with Crippen LogP contribution in [-0.4, -0.2) is 30.1 Å². The third-order valence-corrected chi connectivity index (χ3v) is 3.42. The van der Waals surface area contributed by atoms with Crippen LogP contribution in [0, 0.1) is 18.3 Å². The number of hydrogen-bond acceptors (Lipinski definition) is 2. The summed E-state index contributed by atoms with van der Waals surface area (Å²) < 4.78 is 0. The van der Waals surface area contributed by atoms with E-state index in [0.717, 1.165) is 19.0 Å². The van der Waals surface area contributed by atoms with Crippen molar-refractivity contribution in [3.05, 3.63) is 0 Å². The van der Waals surface area contributed by atoms with Gasteiger partial charge in [0.15, 0.2) is 0 Å². The average Bonchev–Trinajstić information content (AvgIpc) is 2.86. The van der Waals surface area contributed by atoms with Gasteiger partial charge < -0.3 is 5.73 Å². The average molecular weight is 192 g/mol. The molecule has 0 saturated heterocycles. The Morgan fingerprint density at radius 3 is 2.57 bits per heavy atom. The van der Waals surface area contributed by atoms with E-state index >= 15 is 0 Å². The van der Waals surface area contributed by atoms with Crippen molar-refractivity contribution >= 4 is 0 Å². The maximum absolute atomic E-state index is 6.22. The Hall–Kier alpha value is -0.520. The number of terminal acetylenes is 1. The smallest absolute Gasteiger partial charge is 0.0599 e. The molecule has 0 amide bonds. The minimum atomic E-state index is 0.0890. The van der Waals surface area contributed by atoms with Crippen molar-refractivity contribution < 1.29 is 0 Å². The van der Waals surface area contributed by atoms with Crippen LogP contribution in [0.2, 0.25) is 0 Å². The number of nitrogens with two attached hydrogens (primary N) is 1. The van der Waals surface area contributed by atoms with Crippen LogP contribution < -0.4 is 5.73 Å². The van der Waals surface area contributed by atoms with E-state index in [-0.39, 0.29) is 5.54 Å². The Kier molecular flexibility index (Phi) is 2.80. The van der Waals surface area contributed by atoms with Crippen LogP contribution in [-0.2, 0) is 0 Å². The zero-order chi connectivity index (χ0) is 10.0. The molecular formula is C12H20N2. The quantitative estimate of drug-likeness (QED) is 0.663. The summed E-state index contributed by atoms with van der Waals surface area (Å²) in [5, 5.41) is 0. The second-order valence-corrected chi connectivity index (χ2v) is 5.03. The van der Waals surface area contributed by atoms with E-state index in [1.165, 1.54) is 38.6 Å². The predicted octanol–water partition coefficient (Wildman–Crippen LogP) is 1.21. The summed E-state index contributed by atoms with van der Waals surface area (Å²) in [7, 11) is 0. The molecule has 2 saturated carbocycles. The maximum Gasteiger partial charge on any atom is 0.0599 e. The first-order valence-corrected chi connectivity index (χ1v) is 5.66. The number of hydrogen-bond donors (Lipinski definition) is 1. The summed E-state index contributed by atoms with van der Waals surface area (Å²) in [6, 6.07) is 0. The van der Waals surface area contributed by atoms with Gasteiger partial charge in [0.2, 0.25) is 0 Å². The van der Waals surface area contributed by atoms with Crippen LogP contribution in [0.25, 0.3) is 0 Å². The van der Waals surface area contributed by atoms with Gasteiger partial charge in [0.05, 0.1) is 6.54 Å². The molecule has 0 unspecified atom stereocenters. The van der Waals surface area contributed by atoms with Crippen molar-refractivity contribution in [3.63, 3.8) is 0 Å². The highest BCUT2D eigenvalue weighted by atomic mass is 15.1. The Balaban J connectivity index is 1.79. The molecule has 2 heteroatoms. The Morgan fingerprint density at radius 1 is 1.43 bits per heavy atom. The first-order chi connectivity index (χ1) is 6.72. The van der Waals surface area contributed by atoms with Crippen molar-refractivity contribution in [3.8, 4) is 12.3 Å². The van der Waals surface area contributed by atoms with Gasteiger partial charge in [-0.05, 0) is 38.0 Å². The molecule has 0 aromatic carbocycles. The summed E-state index contributed by atoms with van der Waals surface area (Å²) in [4.78, 5) is 2.37. The summed E-state index contributed by atoms with van der Waals surface area (Å²) in [6.45, 7) is 2.95. The second-order valence-electron chi connectivity index (χ2n) is 5.03. The summed E-state index contributed by atoms with van der Waals surface area (Å²) in [6.07, 6.45) is 11.8. The van der Waals surface area contributed by atoms with Gasteiger partial charge in [0.25, 0.3) is 0 Å². The zero-order valence-electron chi connectivity index (χ0n) is 8.84. The van der Waals surface area contributed by atoms with Crippen LogP contribution in [0.15, 0.2) is 0 Å². The molecule has 0 bridgehead atoms. The largest absolute Gasteiger partial charge is 0.324 e. The van der Waals surface area contributed by atoms with Crippen molar-refractivity contribution in [1.29, 1.82) is 0 Å². The van der Waals surface area contributed by atoms with Crippen LogP contribution in [0.5, 0.6) is 0 Å². The lowest BCUT2D eigenvalue weighted by Crippen LogP contribution is -2.55. The molecule has 0 aliphatic heterocycles. The molecule has 0 radical (unpaired) electrons. The fourth-order valence-corrected chi connectivity index (χ4v) is 2.21. The molecule has 2 rings (SSSR count). The molecule has 2 fully saturated rings. The van der Waals surface area contributed by atoms with Crippen LogP contribution in [0.1, 0.15) is 32.1 Å². The molecule has 0 aromatic heterocycles. The van der Waals surface area contributed by atoms with Crippen molar-refractivity contribution in [2.45, 2.75) is 37.6 Å². The van der Waals surface area contributed by atoms with Crippen molar-refractivity contribution in [1.82, 2.24) is 4.90 Å². The third-order valence-electron chi connectivity index (χ3n) is 3.42. The summed E-state index contributed by atoms with van der Waals surface area (Å²) in [5.41, 5.74) is 6.31. The Morgan fingerprint density at radius 2 is 2.14 bits per heavy atom. The maximum atomic E-state index is 6.22. The molecule has 2 N–H and O–H groups in total. The van der Waals surface area contributed by atoms with E-state index < -0.39 is 0 Å². The number of rotatable bonds is 5. The lowest BCUT2D eigenvalue weighted by molar-refractivity contribution is 0.152. The predicted molar refractivity (Wildman–Crippen MR) is 58.8 cm³/mol. The van der Waals surface area contributed by atoms with E-state index in [1.54, 1.807) is 0 Å². The lowest BCUT2D eigenvalue weighted by Gasteiger charge is -2.41. The molecule has 0 atom stereocenters. The highest BCUT2D eigenvalue weighted by Crippen LogP contribution is 2.33. The van der Waals surface area contributed by atoms with Crippen LogP contribution in [0.3, 0.4) is 0 Å². The fraction of sp³-hybridized carbons (Fsp3) is 0.833. The standard InChI is InChI=1S/C12H20N2/c1-2-8-14(9-11-4-5-11)10-12(13)6-3-7-12/h1,11H,3-10,13H2. The normalized spacial score (nSPS) is 24.4. The fourth-order valence-electron chi connectivity index (χ4n) is 2.21. The van der Waals surface area contributed by atoms with E-state index in [2.05, 4.69) is 10.8 Å². The monoisotopic (exact) mass is 192 g/mol. The summed E-state index contributed by atoms with van der Waals surface area (Å²) >= 11 is 0. The lowest BCUT2D eigenvalue weighted by atomic mass is 9.77. The van der Waals surface area contributed by atoms with Gasteiger partial charge in [-0.2, -0.15) is 0 Å². The Labute approximate surface area is 86.8 Å². The minimum Gasteiger partial charge on any atom is -0.324 e. The SMILES string of the molecule is C#CCN(CC1CC1)CC1(N)CCC1. The first kappa shape index (κ1) is 10.0. The van der Waals surface area contributed by atoms with Gasteiger partial charge in [-0.15, -0.1) is 6.42 Å². The first-order valence-electron chi connectivity index (χ1n) is 5.66. The van der Waals surface area contributed by atoms with E-state index in [0.29, 0.717) is 0 Å². The van der Waals surface area contributed by atoms with Crippen molar-refractivity contribution in [2.24, 2.45) is 11.7 Å². The van der Waals surface area contributed by atoms with Gasteiger partial charge in [-0.25, -0.2) is 0 Å². The molecule has 0 aromatic rings. The molecule has 2 aliphatic rings. The van der Waals surface area contributed by atoms with Gasteiger partial charge in [-0.1, -0.05) is 5.92 Å². The highest BCUT2D eigenvalue weighted by molar-refractivity contribution is 4.98. The van der Waals surface area contributed by atoms with Gasteiger partial charge in [-0.3, -0.25) is 4.90 Å². The number of nitrogens with zero attached hydrogens (tertiary/aromatic N) is 1. The molecular weight excluding hydrogens is 172 g/mol. The van der Waals surface area contributed by atoms with E-state index in [4.69, 9.17) is 12.2 Å². The zero-order valence-corrected chi connectivity index (χ0v) is 8.84. The Bertz CT molecular complexity index is 233. The molecule has 0 spiro atoms. The second kappa shape index (κ2) is 3.92. The highest BCUT2D eigenvalue weighted by Gasteiger charge is 2.35.